The van der Waals surface area contributed by atoms with Gasteiger partial charge in [-0.15, -0.1) is 0 Å². The van der Waals surface area contributed by atoms with Gasteiger partial charge in [0.2, 0.25) is 0 Å². The molecular weight excluding hydrogens is 222 g/mol. The minimum absolute atomic E-state index is 0.924. The number of hydrogen-bond donors (Lipinski definition) is 1. The molecule has 1 saturated heterocycles. The highest BCUT2D eigenvalue weighted by molar-refractivity contribution is 5.80. The molecule has 1 aliphatic heterocycles. The third-order valence-corrected chi connectivity index (χ3v) is 4.32. The zero-order valence-corrected chi connectivity index (χ0v) is 11.9. The van der Waals surface area contributed by atoms with Crippen LogP contribution in [0, 0.1) is 11.8 Å². The summed E-state index contributed by atoms with van der Waals surface area (Å²) in [5.74, 6) is 2.95. The Morgan fingerprint density at radius 2 is 1.94 bits per heavy atom. The molecule has 0 aromatic carbocycles. The first-order valence-corrected chi connectivity index (χ1v) is 7.42. The molecular formula is C15H27N3. The zero-order valence-electron chi connectivity index (χ0n) is 11.9. The van der Waals surface area contributed by atoms with Gasteiger partial charge in [-0.2, -0.15) is 0 Å². The van der Waals surface area contributed by atoms with Gasteiger partial charge in [0.25, 0.3) is 0 Å². The second kappa shape index (κ2) is 6.81. The number of guanidine groups is 1. The largest absolute Gasteiger partial charge is 0.356 e. The lowest BCUT2D eigenvalue weighted by atomic mass is 9.82. The van der Waals surface area contributed by atoms with E-state index in [2.05, 4.69) is 34.3 Å². The van der Waals surface area contributed by atoms with E-state index in [1.54, 1.807) is 0 Å². The second-order valence-electron chi connectivity index (χ2n) is 5.54. The molecule has 2 aliphatic rings. The molecule has 2 unspecified atom stereocenters. The van der Waals surface area contributed by atoms with Crippen molar-refractivity contribution in [2.24, 2.45) is 16.8 Å². The van der Waals surface area contributed by atoms with Crippen LogP contribution in [0.3, 0.4) is 0 Å². The van der Waals surface area contributed by atoms with Crippen LogP contribution in [0.15, 0.2) is 17.1 Å². The summed E-state index contributed by atoms with van der Waals surface area (Å²) in [6.07, 6.45) is 11.1. The molecule has 0 spiro atoms. The Bertz CT molecular complexity index is 295. The number of hydrogen-bond acceptors (Lipinski definition) is 1. The van der Waals surface area contributed by atoms with E-state index in [1.165, 1.54) is 38.8 Å². The lowest BCUT2D eigenvalue weighted by Crippen LogP contribution is -2.40. The Labute approximate surface area is 111 Å². The van der Waals surface area contributed by atoms with Gasteiger partial charge in [0, 0.05) is 26.7 Å². The van der Waals surface area contributed by atoms with E-state index in [0.29, 0.717) is 0 Å². The Morgan fingerprint density at radius 1 is 1.28 bits per heavy atom. The van der Waals surface area contributed by atoms with Crippen LogP contribution in [0.25, 0.3) is 0 Å². The summed E-state index contributed by atoms with van der Waals surface area (Å²) in [6.45, 7) is 5.49. The predicted octanol–water partition coefficient (Wildman–Crippen LogP) is 2.65. The average molecular weight is 249 g/mol. The third-order valence-electron chi connectivity index (χ3n) is 4.32. The lowest BCUT2D eigenvalue weighted by Gasteiger charge is -2.22. The predicted molar refractivity (Wildman–Crippen MR) is 77.8 cm³/mol. The van der Waals surface area contributed by atoms with Crippen LogP contribution in [0.2, 0.25) is 0 Å². The van der Waals surface area contributed by atoms with Crippen LogP contribution in [0.4, 0.5) is 0 Å². The maximum atomic E-state index is 4.43. The van der Waals surface area contributed by atoms with Crippen molar-refractivity contribution in [3.63, 3.8) is 0 Å². The van der Waals surface area contributed by atoms with Crippen LogP contribution in [0.1, 0.15) is 39.0 Å². The van der Waals surface area contributed by atoms with Crippen LogP contribution in [-0.4, -0.2) is 37.5 Å². The van der Waals surface area contributed by atoms with Crippen molar-refractivity contribution in [3.8, 4) is 0 Å². The zero-order chi connectivity index (χ0) is 12.8. The molecule has 3 heteroatoms. The van der Waals surface area contributed by atoms with E-state index in [1.807, 2.05) is 7.05 Å². The summed E-state index contributed by atoms with van der Waals surface area (Å²) in [5.41, 5.74) is 0. The van der Waals surface area contributed by atoms with Crippen LogP contribution in [-0.2, 0) is 0 Å². The maximum Gasteiger partial charge on any atom is 0.193 e. The van der Waals surface area contributed by atoms with Gasteiger partial charge < -0.3 is 10.2 Å². The summed E-state index contributed by atoms with van der Waals surface area (Å²) >= 11 is 0. The van der Waals surface area contributed by atoms with Crippen molar-refractivity contribution in [3.05, 3.63) is 12.2 Å². The molecule has 3 nitrogen and oxygen atoms in total. The number of likely N-dealkylation sites (tertiary alicyclic amines) is 1. The smallest absolute Gasteiger partial charge is 0.193 e. The standard InChI is InChI=1S/C15H27N3/c1-3-4-7-10-17-15(16-2)18-11-13-8-5-6-9-14(13)12-18/h3-4,13-14H,5-12H2,1-2H3,(H,16,17)/b4-3+. The summed E-state index contributed by atoms with van der Waals surface area (Å²) in [6, 6.07) is 0. The molecule has 1 aliphatic carbocycles. The van der Waals surface area contributed by atoms with Crippen molar-refractivity contribution in [1.29, 1.82) is 0 Å². The van der Waals surface area contributed by atoms with Crippen molar-refractivity contribution >= 4 is 5.96 Å². The number of allylic oxidation sites excluding steroid dienone is 1. The summed E-state index contributed by atoms with van der Waals surface area (Å²) in [7, 11) is 1.90. The fraction of sp³-hybridized carbons (Fsp3) is 0.800. The summed E-state index contributed by atoms with van der Waals surface area (Å²) in [4.78, 5) is 6.90. The fourth-order valence-corrected chi connectivity index (χ4v) is 3.35. The highest BCUT2D eigenvalue weighted by Crippen LogP contribution is 2.35. The molecule has 1 heterocycles. The summed E-state index contributed by atoms with van der Waals surface area (Å²) < 4.78 is 0. The molecule has 0 amide bonds. The minimum atomic E-state index is 0.924. The molecule has 102 valence electrons. The van der Waals surface area contributed by atoms with Gasteiger partial charge in [-0.05, 0) is 38.0 Å². The minimum Gasteiger partial charge on any atom is -0.356 e. The molecule has 0 radical (unpaired) electrons. The number of nitrogens with one attached hydrogen (secondary N) is 1. The van der Waals surface area contributed by atoms with Gasteiger partial charge in [0.15, 0.2) is 5.96 Å². The van der Waals surface area contributed by atoms with Gasteiger partial charge in [0.05, 0.1) is 0 Å². The van der Waals surface area contributed by atoms with Gasteiger partial charge in [-0.25, -0.2) is 0 Å². The fourth-order valence-electron chi connectivity index (χ4n) is 3.35. The van der Waals surface area contributed by atoms with E-state index >= 15 is 0 Å². The number of nitrogens with zero attached hydrogens (tertiary/aromatic N) is 2. The number of rotatable bonds is 3. The Morgan fingerprint density at radius 3 is 2.50 bits per heavy atom. The van der Waals surface area contributed by atoms with Crippen molar-refractivity contribution < 1.29 is 0 Å². The van der Waals surface area contributed by atoms with E-state index < -0.39 is 0 Å². The Balaban J connectivity index is 1.82. The molecule has 2 atom stereocenters. The molecule has 0 bridgehead atoms. The highest BCUT2D eigenvalue weighted by Gasteiger charge is 2.35. The molecule has 2 fully saturated rings. The first-order valence-electron chi connectivity index (χ1n) is 7.42. The van der Waals surface area contributed by atoms with Gasteiger partial charge >= 0.3 is 0 Å². The molecule has 18 heavy (non-hydrogen) atoms. The summed E-state index contributed by atoms with van der Waals surface area (Å²) in [5, 5.41) is 3.48. The quantitative estimate of drug-likeness (QED) is 0.360. The topological polar surface area (TPSA) is 27.6 Å². The number of fused-ring (bicyclic) bond motifs is 1. The Kier molecular flexibility index (Phi) is 5.09. The van der Waals surface area contributed by atoms with Crippen molar-refractivity contribution in [1.82, 2.24) is 10.2 Å². The van der Waals surface area contributed by atoms with Gasteiger partial charge in [-0.1, -0.05) is 25.0 Å². The SMILES string of the molecule is C/C=C/CCNC(=NC)N1CC2CCCCC2C1. The number of aliphatic imine (C=N–C) groups is 1. The molecule has 1 N–H and O–H groups in total. The van der Waals surface area contributed by atoms with Crippen molar-refractivity contribution in [2.45, 2.75) is 39.0 Å². The molecule has 0 aromatic heterocycles. The lowest BCUT2D eigenvalue weighted by molar-refractivity contribution is 0.299. The third kappa shape index (κ3) is 3.27. The van der Waals surface area contributed by atoms with Gasteiger partial charge in [0.1, 0.15) is 0 Å². The second-order valence-corrected chi connectivity index (χ2v) is 5.54. The first-order chi connectivity index (χ1) is 8.85. The molecule has 2 rings (SSSR count). The first kappa shape index (κ1) is 13.4. The maximum absolute atomic E-state index is 4.43. The van der Waals surface area contributed by atoms with Crippen molar-refractivity contribution in [2.75, 3.05) is 26.7 Å². The molecule has 0 aromatic rings. The normalized spacial score (nSPS) is 28.8. The molecule has 1 saturated carbocycles. The van der Waals surface area contributed by atoms with Crippen LogP contribution in [0.5, 0.6) is 0 Å². The Hall–Kier alpha value is -0.990. The average Bonchev–Trinajstić information content (AvgIpc) is 2.82. The van der Waals surface area contributed by atoms with Crippen LogP contribution >= 0.6 is 0 Å². The monoisotopic (exact) mass is 249 g/mol. The van der Waals surface area contributed by atoms with Crippen LogP contribution < -0.4 is 5.32 Å². The van der Waals surface area contributed by atoms with E-state index in [-0.39, 0.29) is 0 Å². The van der Waals surface area contributed by atoms with Gasteiger partial charge in [-0.3, -0.25) is 4.99 Å². The highest BCUT2D eigenvalue weighted by atomic mass is 15.3. The van der Waals surface area contributed by atoms with E-state index in [0.717, 1.165) is 30.8 Å². The van der Waals surface area contributed by atoms with E-state index in [9.17, 15) is 0 Å². The van der Waals surface area contributed by atoms with E-state index in [4.69, 9.17) is 0 Å².